The van der Waals surface area contributed by atoms with Crippen molar-refractivity contribution in [1.82, 2.24) is 24.3 Å². The van der Waals surface area contributed by atoms with Crippen molar-refractivity contribution in [2.24, 2.45) is 0 Å². The molecular weight excluding hydrogens is 298 g/mol. The van der Waals surface area contributed by atoms with E-state index in [2.05, 4.69) is 58.3 Å². The van der Waals surface area contributed by atoms with Crippen molar-refractivity contribution in [2.75, 3.05) is 0 Å². The second kappa shape index (κ2) is 6.28. The van der Waals surface area contributed by atoms with E-state index in [4.69, 9.17) is 4.98 Å². The molecule has 0 fully saturated rings. The topological polar surface area (TPSA) is 48.5 Å². The fourth-order valence-electron chi connectivity index (χ4n) is 2.97. The van der Waals surface area contributed by atoms with Crippen LogP contribution in [-0.4, -0.2) is 24.3 Å². The zero-order chi connectivity index (χ0) is 16.4. The van der Waals surface area contributed by atoms with Gasteiger partial charge in [0, 0.05) is 43.3 Å². The molecule has 120 valence electrons. The van der Waals surface area contributed by atoms with E-state index in [-0.39, 0.29) is 0 Å². The Morgan fingerprint density at radius 3 is 2.83 bits per heavy atom. The summed E-state index contributed by atoms with van der Waals surface area (Å²) in [5.74, 6) is 1.000. The molecule has 1 aliphatic heterocycles. The lowest BCUT2D eigenvalue weighted by atomic mass is 10.0. The molecule has 0 saturated carbocycles. The Labute approximate surface area is 141 Å². The van der Waals surface area contributed by atoms with Crippen LogP contribution in [0.15, 0.2) is 55.3 Å². The Bertz CT molecular complexity index is 899. The maximum Gasteiger partial charge on any atom is 0.140 e. The molecule has 0 saturated heterocycles. The Morgan fingerprint density at radius 2 is 2.04 bits per heavy atom. The third-order valence-electron chi connectivity index (χ3n) is 4.24. The maximum atomic E-state index is 4.70. The van der Waals surface area contributed by atoms with Crippen molar-refractivity contribution in [2.45, 2.75) is 26.3 Å². The quantitative estimate of drug-likeness (QED) is 0.738. The molecule has 0 radical (unpaired) electrons. The fraction of sp³-hybridized carbons (Fsp3) is 0.211. The lowest BCUT2D eigenvalue weighted by Crippen LogP contribution is -1.99. The van der Waals surface area contributed by atoms with Crippen LogP contribution in [0.1, 0.15) is 24.7 Å². The summed E-state index contributed by atoms with van der Waals surface area (Å²) < 4.78 is 4.10. The predicted molar refractivity (Wildman–Crippen MR) is 95.0 cm³/mol. The van der Waals surface area contributed by atoms with Crippen molar-refractivity contribution in [1.29, 1.82) is 0 Å². The molecule has 0 bridgehead atoms. The van der Waals surface area contributed by atoms with Gasteiger partial charge < -0.3 is 0 Å². The number of imidazole rings is 1. The van der Waals surface area contributed by atoms with Gasteiger partial charge in [0.2, 0.25) is 0 Å². The summed E-state index contributed by atoms with van der Waals surface area (Å²) in [6, 6.07) is 4.11. The summed E-state index contributed by atoms with van der Waals surface area (Å²) >= 11 is 0. The molecule has 5 heteroatoms. The van der Waals surface area contributed by atoms with E-state index in [1.807, 2.05) is 29.5 Å². The van der Waals surface area contributed by atoms with Crippen LogP contribution in [0.2, 0.25) is 0 Å². The normalized spacial score (nSPS) is 13.5. The molecule has 0 atom stereocenters. The van der Waals surface area contributed by atoms with Crippen LogP contribution in [0.3, 0.4) is 0 Å². The summed E-state index contributed by atoms with van der Waals surface area (Å²) in [6.45, 7) is 2.95. The number of pyridine rings is 1. The van der Waals surface area contributed by atoms with Gasteiger partial charge in [0.15, 0.2) is 0 Å². The SMILES string of the molecule is CCn1cc(-c2cnc3n2C=CCC=C3Cc2ccncc2)cn1. The first-order chi connectivity index (χ1) is 11.8. The number of fused-ring (bicyclic) bond motifs is 1. The van der Waals surface area contributed by atoms with Crippen LogP contribution in [0.25, 0.3) is 23.0 Å². The van der Waals surface area contributed by atoms with E-state index in [0.717, 1.165) is 36.5 Å². The molecule has 4 rings (SSSR count). The summed E-state index contributed by atoms with van der Waals surface area (Å²) in [5.41, 5.74) is 4.64. The van der Waals surface area contributed by atoms with Gasteiger partial charge in [-0.15, -0.1) is 0 Å². The Morgan fingerprint density at radius 1 is 1.17 bits per heavy atom. The number of aromatic nitrogens is 5. The van der Waals surface area contributed by atoms with Gasteiger partial charge in [0.25, 0.3) is 0 Å². The minimum Gasteiger partial charge on any atom is -0.300 e. The number of hydrogen-bond donors (Lipinski definition) is 0. The van der Waals surface area contributed by atoms with Gasteiger partial charge in [-0.05, 0) is 36.6 Å². The second-order valence-electron chi connectivity index (χ2n) is 5.80. The van der Waals surface area contributed by atoms with Gasteiger partial charge in [-0.1, -0.05) is 12.2 Å². The highest BCUT2D eigenvalue weighted by molar-refractivity contribution is 5.71. The highest BCUT2D eigenvalue weighted by Gasteiger charge is 2.16. The van der Waals surface area contributed by atoms with Crippen molar-refractivity contribution in [3.05, 3.63) is 66.7 Å². The highest BCUT2D eigenvalue weighted by Crippen LogP contribution is 2.28. The molecule has 0 aromatic carbocycles. The average molecular weight is 317 g/mol. The predicted octanol–water partition coefficient (Wildman–Crippen LogP) is 3.66. The number of allylic oxidation sites excluding steroid dienone is 3. The van der Waals surface area contributed by atoms with E-state index < -0.39 is 0 Å². The summed E-state index contributed by atoms with van der Waals surface area (Å²) in [4.78, 5) is 8.79. The Kier molecular flexibility index (Phi) is 3.83. The van der Waals surface area contributed by atoms with Crippen LogP contribution in [0, 0.1) is 0 Å². The average Bonchev–Trinajstić information content (AvgIpc) is 3.21. The molecule has 24 heavy (non-hydrogen) atoms. The van der Waals surface area contributed by atoms with Crippen LogP contribution in [0.5, 0.6) is 0 Å². The molecule has 3 aromatic heterocycles. The molecular formula is C19H19N5. The van der Waals surface area contributed by atoms with Gasteiger partial charge in [0.05, 0.1) is 18.1 Å². The molecule has 0 unspecified atom stereocenters. The van der Waals surface area contributed by atoms with Gasteiger partial charge >= 0.3 is 0 Å². The van der Waals surface area contributed by atoms with E-state index in [9.17, 15) is 0 Å². The van der Waals surface area contributed by atoms with Crippen LogP contribution in [0.4, 0.5) is 0 Å². The van der Waals surface area contributed by atoms with Crippen LogP contribution in [-0.2, 0) is 13.0 Å². The van der Waals surface area contributed by atoms with E-state index in [1.165, 1.54) is 11.1 Å². The third kappa shape index (κ3) is 2.69. The lowest BCUT2D eigenvalue weighted by molar-refractivity contribution is 0.660. The first-order valence-corrected chi connectivity index (χ1v) is 8.20. The number of nitrogens with zero attached hydrogens (tertiary/aromatic N) is 5. The largest absolute Gasteiger partial charge is 0.300 e. The Balaban J connectivity index is 1.72. The maximum absolute atomic E-state index is 4.70. The minimum absolute atomic E-state index is 0.856. The van der Waals surface area contributed by atoms with Crippen molar-refractivity contribution < 1.29 is 0 Å². The fourth-order valence-corrected chi connectivity index (χ4v) is 2.97. The third-order valence-corrected chi connectivity index (χ3v) is 4.24. The standard InChI is InChI=1S/C19H19N5/c1-2-23-14-17(12-22-23)18-13-21-19-16(5-3-4-10-24(18)19)11-15-6-8-20-9-7-15/h4-10,12-14H,2-3,11H2,1H3. The van der Waals surface area contributed by atoms with Crippen molar-refractivity contribution in [3.8, 4) is 11.3 Å². The lowest BCUT2D eigenvalue weighted by Gasteiger charge is -2.08. The molecule has 0 amide bonds. The smallest absolute Gasteiger partial charge is 0.140 e. The molecule has 4 heterocycles. The van der Waals surface area contributed by atoms with Gasteiger partial charge in [0.1, 0.15) is 5.82 Å². The van der Waals surface area contributed by atoms with Crippen LogP contribution < -0.4 is 0 Å². The number of hydrogen-bond acceptors (Lipinski definition) is 3. The molecule has 1 aliphatic rings. The first kappa shape index (κ1) is 14.6. The Hall–Kier alpha value is -2.95. The first-order valence-electron chi connectivity index (χ1n) is 8.20. The van der Waals surface area contributed by atoms with Gasteiger partial charge in [-0.25, -0.2) is 4.98 Å². The van der Waals surface area contributed by atoms with Gasteiger partial charge in [-0.3, -0.25) is 14.2 Å². The van der Waals surface area contributed by atoms with E-state index >= 15 is 0 Å². The van der Waals surface area contributed by atoms with Gasteiger partial charge in [-0.2, -0.15) is 5.10 Å². The molecule has 0 N–H and O–H groups in total. The molecule has 0 aliphatic carbocycles. The number of rotatable bonds is 4. The minimum atomic E-state index is 0.856. The summed E-state index contributed by atoms with van der Waals surface area (Å²) in [5, 5.41) is 4.38. The summed E-state index contributed by atoms with van der Waals surface area (Å²) in [7, 11) is 0. The van der Waals surface area contributed by atoms with Crippen LogP contribution >= 0.6 is 0 Å². The molecule has 0 spiro atoms. The number of aryl methyl sites for hydroxylation is 1. The van der Waals surface area contributed by atoms with Crippen molar-refractivity contribution >= 4 is 11.8 Å². The second-order valence-corrected chi connectivity index (χ2v) is 5.80. The molecule has 5 nitrogen and oxygen atoms in total. The van der Waals surface area contributed by atoms with E-state index in [1.54, 1.807) is 0 Å². The monoisotopic (exact) mass is 317 g/mol. The summed E-state index contributed by atoms with van der Waals surface area (Å²) in [6.07, 6.45) is 17.9. The zero-order valence-corrected chi connectivity index (χ0v) is 13.6. The molecule has 3 aromatic rings. The van der Waals surface area contributed by atoms with E-state index in [0.29, 0.717) is 0 Å². The van der Waals surface area contributed by atoms with Crippen molar-refractivity contribution in [3.63, 3.8) is 0 Å². The highest BCUT2D eigenvalue weighted by atomic mass is 15.3. The zero-order valence-electron chi connectivity index (χ0n) is 13.6.